The molecule has 0 radical (unpaired) electrons. The Morgan fingerprint density at radius 1 is 0.865 bits per heavy atom. The van der Waals surface area contributed by atoms with Gasteiger partial charge in [-0.2, -0.15) is 0 Å². The number of carbonyl (C=O) groups excluding carboxylic acids is 1. The quantitative estimate of drug-likeness (QED) is 0.390. The highest BCUT2D eigenvalue weighted by Gasteiger charge is 2.38. The van der Waals surface area contributed by atoms with E-state index in [9.17, 15) is 4.79 Å². The Balaban J connectivity index is 1.55. The minimum absolute atomic E-state index is 0.0135. The smallest absolute Gasteiger partial charge is 0.253 e. The molecule has 0 atom stereocenters. The van der Waals surface area contributed by atoms with Crippen molar-refractivity contribution >= 4 is 5.91 Å². The molecular formula is C31H38N2O4. The number of rotatable bonds is 10. The predicted molar refractivity (Wildman–Crippen MR) is 147 cm³/mol. The summed E-state index contributed by atoms with van der Waals surface area (Å²) in [7, 11) is 6.85. The van der Waals surface area contributed by atoms with Crippen molar-refractivity contribution in [1.29, 1.82) is 0 Å². The van der Waals surface area contributed by atoms with Gasteiger partial charge >= 0.3 is 0 Å². The third kappa shape index (κ3) is 6.14. The van der Waals surface area contributed by atoms with E-state index >= 15 is 0 Å². The molecule has 0 bridgehead atoms. The number of likely N-dealkylation sites (N-methyl/N-ethyl adjacent to an activating group) is 1. The molecule has 0 aliphatic carbocycles. The number of hydrogen-bond acceptors (Lipinski definition) is 5. The minimum Gasteiger partial charge on any atom is -0.497 e. The molecule has 1 fully saturated rings. The van der Waals surface area contributed by atoms with Gasteiger partial charge < -0.3 is 19.1 Å². The maximum atomic E-state index is 12.7. The second-order valence-electron chi connectivity index (χ2n) is 9.77. The summed E-state index contributed by atoms with van der Waals surface area (Å²) in [6.45, 7) is 3.88. The average molecular weight is 503 g/mol. The van der Waals surface area contributed by atoms with Gasteiger partial charge in [-0.1, -0.05) is 36.4 Å². The number of piperidine rings is 1. The van der Waals surface area contributed by atoms with E-state index in [-0.39, 0.29) is 11.3 Å². The number of ether oxygens (including phenoxy) is 3. The number of nitrogens with zero attached hydrogens (tertiary/aromatic N) is 2. The molecule has 1 aliphatic heterocycles. The number of methoxy groups -OCH3 is 3. The second kappa shape index (κ2) is 12.3. The van der Waals surface area contributed by atoms with Gasteiger partial charge in [0, 0.05) is 44.8 Å². The van der Waals surface area contributed by atoms with Crippen molar-refractivity contribution < 1.29 is 19.0 Å². The summed E-state index contributed by atoms with van der Waals surface area (Å²) >= 11 is 0. The molecule has 0 unspecified atom stereocenters. The van der Waals surface area contributed by atoms with E-state index in [0.717, 1.165) is 44.0 Å². The summed E-state index contributed by atoms with van der Waals surface area (Å²) in [6.07, 6.45) is 2.17. The Hall–Kier alpha value is -3.35. The van der Waals surface area contributed by atoms with E-state index in [2.05, 4.69) is 65.6 Å². The molecule has 0 saturated carbocycles. The van der Waals surface area contributed by atoms with Gasteiger partial charge in [-0.3, -0.25) is 9.69 Å². The molecule has 0 N–H and O–H groups in total. The van der Waals surface area contributed by atoms with Crippen LogP contribution in [0.5, 0.6) is 11.5 Å². The lowest BCUT2D eigenvalue weighted by Gasteiger charge is -2.44. The molecular weight excluding hydrogens is 464 g/mol. The second-order valence-corrected chi connectivity index (χ2v) is 9.77. The summed E-state index contributed by atoms with van der Waals surface area (Å²) in [5.41, 5.74) is 4.37. The van der Waals surface area contributed by atoms with Crippen LogP contribution in [0.4, 0.5) is 0 Å². The van der Waals surface area contributed by atoms with Crippen LogP contribution in [0.1, 0.15) is 39.9 Å². The lowest BCUT2D eigenvalue weighted by atomic mass is 9.69. The molecule has 1 aliphatic rings. The van der Waals surface area contributed by atoms with Gasteiger partial charge in [0.15, 0.2) is 0 Å². The van der Waals surface area contributed by atoms with Crippen LogP contribution < -0.4 is 9.47 Å². The largest absolute Gasteiger partial charge is 0.497 e. The number of benzene rings is 3. The van der Waals surface area contributed by atoms with Crippen LogP contribution in [0.2, 0.25) is 0 Å². The SMILES string of the molecule is COCCN(C)C(=O)c1ccc(CN2CCCC(c3ccc(OC)cc3)(c3ccc(OC)cc3)C2)cc1. The van der Waals surface area contributed by atoms with E-state index in [0.29, 0.717) is 18.7 Å². The normalized spacial score (nSPS) is 15.2. The van der Waals surface area contributed by atoms with Crippen LogP contribution in [0.15, 0.2) is 72.8 Å². The van der Waals surface area contributed by atoms with E-state index in [1.54, 1.807) is 33.3 Å². The molecule has 6 heteroatoms. The molecule has 3 aromatic carbocycles. The maximum Gasteiger partial charge on any atom is 0.253 e. The fourth-order valence-electron chi connectivity index (χ4n) is 5.30. The molecule has 4 rings (SSSR count). The van der Waals surface area contributed by atoms with Crippen molar-refractivity contribution in [3.63, 3.8) is 0 Å². The highest BCUT2D eigenvalue weighted by atomic mass is 16.5. The zero-order valence-electron chi connectivity index (χ0n) is 22.4. The summed E-state index contributed by atoms with van der Waals surface area (Å²) < 4.78 is 15.9. The molecule has 1 heterocycles. The number of hydrogen-bond donors (Lipinski definition) is 0. The van der Waals surface area contributed by atoms with Crippen molar-refractivity contribution in [1.82, 2.24) is 9.80 Å². The van der Waals surface area contributed by atoms with Gasteiger partial charge in [0.25, 0.3) is 5.91 Å². The summed E-state index contributed by atoms with van der Waals surface area (Å²) in [6, 6.07) is 25.1. The van der Waals surface area contributed by atoms with Crippen LogP contribution in [-0.2, 0) is 16.7 Å². The van der Waals surface area contributed by atoms with Crippen molar-refractivity contribution in [2.75, 3.05) is 54.6 Å². The Morgan fingerprint density at radius 2 is 1.43 bits per heavy atom. The van der Waals surface area contributed by atoms with Crippen molar-refractivity contribution in [2.45, 2.75) is 24.8 Å². The van der Waals surface area contributed by atoms with Crippen LogP contribution in [0.3, 0.4) is 0 Å². The van der Waals surface area contributed by atoms with E-state index < -0.39 is 0 Å². The van der Waals surface area contributed by atoms with E-state index in [4.69, 9.17) is 14.2 Å². The Kier molecular flexibility index (Phi) is 8.85. The van der Waals surface area contributed by atoms with Gasteiger partial charge in [-0.15, -0.1) is 0 Å². The monoisotopic (exact) mass is 502 g/mol. The Labute approximate surface area is 220 Å². The number of likely N-dealkylation sites (tertiary alicyclic amines) is 1. The summed E-state index contributed by atoms with van der Waals surface area (Å²) in [5.74, 6) is 1.74. The van der Waals surface area contributed by atoms with Crippen LogP contribution in [-0.4, -0.2) is 70.3 Å². The highest BCUT2D eigenvalue weighted by molar-refractivity contribution is 5.94. The summed E-state index contributed by atoms with van der Waals surface area (Å²) in [5, 5.41) is 0. The van der Waals surface area contributed by atoms with Gasteiger partial charge in [-0.05, 0) is 72.5 Å². The zero-order chi connectivity index (χ0) is 26.3. The molecule has 3 aromatic rings. The first kappa shape index (κ1) is 26.7. The van der Waals surface area contributed by atoms with E-state index in [1.807, 2.05) is 12.1 Å². The van der Waals surface area contributed by atoms with Gasteiger partial charge in [-0.25, -0.2) is 0 Å². The third-order valence-electron chi connectivity index (χ3n) is 7.44. The average Bonchev–Trinajstić information content (AvgIpc) is 2.96. The van der Waals surface area contributed by atoms with Crippen LogP contribution >= 0.6 is 0 Å². The lowest BCUT2D eigenvalue weighted by Crippen LogP contribution is -2.46. The Bertz CT molecular complexity index is 1100. The first-order valence-corrected chi connectivity index (χ1v) is 12.8. The van der Waals surface area contributed by atoms with Crippen molar-refractivity contribution in [2.24, 2.45) is 0 Å². The lowest BCUT2D eigenvalue weighted by molar-refractivity contribution is 0.0744. The molecule has 37 heavy (non-hydrogen) atoms. The fraction of sp³-hybridized carbons (Fsp3) is 0.387. The molecule has 196 valence electrons. The first-order valence-electron chi connectivity index (χ1n) is 12.8. The number of amides is 1. The molecule has 0 aromatic heterocycles. The topological polar surface area (TPSA) is 51.2 Å². The van der Waals surface area contributed by atoms with Crippen LogP contribution in [0.25, 0.3) is 0 Å². The standard InChI is InChI=1S/C31H38N2O4/c1-32(20-21-35-2)30(34)25-8-6-24(7-9-25)22-33-19-5-18-31(23-33,26-10-14-28(36-3)15-11-26)27-12-16-29(37-4)17-13-27/h6-17H,5,18-23H2,1-4H3. The molecule has 6 nitrogen and oxygen atoms in total. The van der Waals surface area contributed by atoms with Gasteiger partial charge in [0.1, 0.15) is 11.5 Å². The Morgan fingerprint density at radius 3 is 1.95 bits per heavy atom. The minimum atomic E-state index is -0.128. The molecule has 1 amide bonds. The van der Waals surface area contributed by atoms with Gasteiger partial charge in [0.05, 0.1) is 20.8 Å². The molecule has 0 spiro atoms. The van der Waals surface area contributed by atoms with Gasteiger partial charge in [0.2, 0.25) is 0 Å². The number of carbonyl (C=O) groups is 1. The first-order chi connectivity index (χ1) is 18.0. The fourth-order valence-corrected chi connectivity index (χ4v) is 5.30. The summed E-state index contributed by atoms with van der Waals surface area (Å²) in [4.78, 5) is 16.9. The van der Waals surface area contributed by atoms with Crippen molar-refractivity contribution in [3.05, 3.63) is 95.1 Å². The maximum absolute atomic E-state index is 12.7. The van der Waals surface area contributed by atoms with E-state index in [1.165, 1.54) is 16.7 Å². The van der Waals surface area contributed by atoms with Crippen LogP contribution in [0, 0.1) is 0 Å². The third-order valence-corrected chi connectivity index (χ3v) is 7.44. The highest BCUT2D eigenvalue weighted by Crippen LogP contribution is 2.41. The molecule has 1 saturated heterocycles. The zero-order valence-corrected chi connectivity index (χ0v) is 22.4. The van der Waals surface area contributed by atoms with Crippen molar-refractivity contribution in [3.8, 4) is 11.5 Å². The predicted octanol–water partition coefficient (Wildman–Crippen LogP) is 5.00.